The Balaban J connectivity index is 1.98. The molecule has 0 aromatic carbocycles. The molecule has 2 aromatic rings. The van der Waals surface area contributed by atoms with E-state index in [1.165, 1.54) is 0 Å². The van der Waals surface area contributed by atoms with Crippen molar-refractivity contribution >= 4 is 28.5 Å². The maximum atomic E-state index is 12.5. The largest absolute Gasteiger partial charge is 0.465 e. The maximum Gasteiger partial charge on any atom is 0.315 e. The van der Waals surface area contributed by atoms with Gasteiger partial charge in [0, 0.05) is 17.6 Å². The molecule has 1 saturated heterocycles. The van der Waals surface area contributed by atoms with E-state index in [4.69, 9.17) is 16.3 Å². The molecule has 6 heteroatoms. The number of nitrogens with one attached hydrogen (secondary N) is 1. The number of piperidine rings is 1. The van der Waals surface area contributed by atoms with Gasteiger partial charge in [-0.1, -0.05) is 11.6 Å². The van der Waals surface area contributed by atoms with Gasteiger partial charge in [0.1, 0.15) is 11.1 Å². The van der Waals surface area contributed by atoms with Gasteiger partial charge in [-0.3, -0.25) is 9.78 Å². The third-order valence-electron chi connectivity index (χ3n) is 4.28. The first kappa shape index (κ1) is 16.1. The molecule has 2 aromatic heterocycles. The molecule has 1 aliphatic heterocycles. The molecule has 23 heavy (non-hydrogen) atoms. The summed E-state index contributed by atoms with van der Waals surface area (Å²) in [7, 11) is 0. The lowest BCUT2D eigenvalue weighted by molar-refractivity contribution is -0.146. The van der Waals surface area contributed by atoms with Crippen LogP contribution >= 0.6 is 11.6 Å². The molecule has 0 spiro atoms. The second-order valence-electron chi connectivity index (χ2n) is 5.75. The molecule has 3 heterocycles. The molecule has 5 nitrogen and oxygen atoms in total. The molecular formula is C17H20ClN3O2. The summed E-state index contributed by atoms with van der Waals surface area (Å²) in [5.41, 5.74) is 1.51. The van der Waals surface area contributed by atoms with Crippen LogP contribution in [-0.4, -0.2) is 35.6 Å². The quantitative estimate of drug-likeness (QED) is 0.688. The highest BCUT2D eigenvalue weighted by Gasteiger charge is 2.33. The number of fused-ring (bicyclic) bond motifs is 1. The highest BCUT2D eigenvalue weighted by atomic mass is 35.5. The number of esters is 1. The standard InChI is InChI=1S/C17H20ClN3O2/c1-2-23-17(22)16(11-5-7-19-8-6-11)13-4-3-12-10-20-15(18)9-14(12)21-13/h3-4,9-11,16,19H,2,5-8H2,1H3. The van der Waals surface area contributed by atoms with Crippen LogP contribution in [0.1, 0.15) is 31.4 Å². The van der Waals surface area contributed by atoms with E-state index in [0.29, 0.717) is 11.8 Å². The second kappa shape index (κ2) is 7.23. The Labute approximate surface area is 140 Å². The number of carbonyl (C=O) groups excluding carboxylic acids is 1. The van der Waals surface area contributed by atoms with Crippen LogP contribution in [0, 0.1) is 5.92 Å². The van der Waals surface area contributed by atoms with Gasteiger partial charge in [-0.15, -0.1) is 0 Å². The summed E-state index contributed by atoms with van der Waals surface area (Å²) in [6.45, 7) is 4.05. The fourth-order valence-corrected chi connectivity index (χ4v) is 3.30. The van der Waals surface area contributed by atoms with E-state index in [1.807, 2.05) is 19.1 Å². The van der Waals surface area contributed by atoms with Crippen molar-refractivity contribution in [2.45, 2.75) is 25.7 Å². The first-order valence-corrected chi connectivity index (χ1v) is 8.36. The van der Waals surface area contributed by atoms with Crippen molar-refractivity contribution in [3.05, 3.63) is 35.2 Å². The molecule has 0 aliphatic carbocycles. The van der Waals surface area contributed by atoms with Crippen molar-refractivity contribution < 1.29 is 9.53 Å². The van der Waals surface area contributed by atoms with Crippen molar-refractivity contribution in [2.24, 2.45) is 5.92 Å². The van der Waals surface area contributed by atoms with Crippen LogP contribution in [0.25, 0.3) is 10.9 Å². The van der Waals surface area contributed by atoms with E-state index >= 15 is 0 Å². The number of halogens is 1. The summed E-state index contributed by atoms with van der Waals surface area (Å²) in [5, 5.41) is 4.64. The van der Waals surface area contributed by atoms with Crippen molar-refractivity contribution in [1.82, 2.24) is 15.3 Å². The minimum Gasteiger partial charge on any atom is -0.465 e. The maximum absolute atomic E-state index is 12.5. The Hall–Kier alpha value is -1.72. The highest BCUT2D eigenvalue weighted by molar-refractivity contribution is 6.29. The lowest BCUT2D eigenvalue weighted by Crippen LogP contribution is -2.34. The van der Waals surface area contributed by atoms with Crippen LogP contribution in [0.3, 0.4) is 0 Å². The van der Waals surface area contributed by atoms with E-state index in [0.717, 1.165) is 42.5 Å². The van der Waals surface area contributed by atoms with Crippen molar-refractivity contribution in [2.75, 3.05) is 19.7 Å². The number of hydrogen-bond acceptors (Lipinski definition) is 5. The van der Waals surface area contributed by atoms with E-state index in [9.17, 15) is 4.79 Å². The molecule has 1 unspecified atom stereocenters. The van der Waals surface area contributed by atoms with E-state index < -0.39 is 0 Å². The Morgan fingerprint density at radius 3 is 2.96 bits per heavy atom. The number of ether oxygens (including phenoxy) is 1. The second-order valence-corrected chi connectivity index (χ2v) is 6.14. The summed E-state index contributed by atoms with van der Waals surface area (Å²) < 4.78 is 5.31. The van der Waals surface area contributed by atoms with Crippen molar-refractivity contribution in [1.29, 1.82) is 0 Å². The van der Waals surface area contributed by atoms with E-state index in [2.05, 4.69) is 15.3 Å². The molecular weight excluding hydrogens is 314 g/mol. The fourth-order valence-electron chi connectivity index (χ4n) is 3.15. The Morgan fingerprint density at radius 2 is 2.22 bits per heavy atom. The van der Waals surface area contributed by atoms with Gasteiger partial charge in [0.15, 0.2) is 0 Å². The SMILES string of the molecule is CCOC(=O)C(c1ccc2cnc(Cl)cc2n1)C1CCNCC1. The fraction of sp³-hybridized carbons (Fsp3) is 0.471. The topological polar surface area (TPSA) is 64.1 Å². The smallest absolute Gasteiger partial charge is 0.315 e. The zero-order chi connectivity index (χ0) is 16.2. The molecule has 1 fully saturated rings. The lowest BCUT2D eigenvalue weighted by atomic mass is 9.82. The number of nitrogens with zero attached hydrogens (tertiary/aromatic N) is 2. The molecule has 0 radical (unpaired) electrons. The number of aromatic nitrogens is 2. The predicted molar refractivity (Wildman–Crippen MR) is 89.5 cm³/mol. The van der Waals surface area contributed by atoms with Gasteiger partial charge < -0.3 is 10.1 Å². The molecule has 1 atom stereocenters. The zero-order valence-corrected chi connectivity index (χ0v) is 13.8. The van der Waals surface area contributed by atoms with Crippen LogP contribution in [0.2, 0.25) is 5.15 Å². The first-order valence-electron chi connectivity index (χ1n) is 7.98. The third-order valence-corrected chi connectivity index (χ3v) is 4.48. The molecule has 0 bridgehead atoms. The number of pyridine rings is 2. The van der Waals surface area contributed by atoms with E-state index in [1.54, 1.807) is 12.3 Å². The normalized spacial score (nSPS) is 17.1. The van der Waals surface area contributed by atoms with Crippen LogP contribution in [0.15, 0.2) is 24.4 Å². The van der Waals surface area contributed by atoms with Crippen LogP contribution in [0.5, 0.6) is 0 Å². The molecule has 0 amide bonds. The van der Waals surface area contributed by atoms with Gasteiger partial charge in [-0.05, 0) is 50.9 Å². The lowest BCUT2D eigenvalue weighted by Gasteiger charge is -2.29. The van der Waals surface area contributed by atoms with Crippen LogP contribution in [0.4, 0.5) is 0 Å². The predicted octanol–water partition coefficient (Wildman–Crippen LogP) is 2.93. The summed E-state index contributed by atoms with van der Waals surface area (Å²) in [6, 6.07) is 5.57. The summed E-state index contributed by atoms with van der Waals surface area (Å²) >= 11 is 5.96. The van der Waals surface area contributed by atoms with Gasteiger partial charge in [0.25, 0.3) is 0 Å². The minimum atomic E-state index is -0.326. The summed E-state index contributed by atoms with van der Waals surface area (Å²) in [5.74, 6) is -0.266. The number of hydrogen-bond donors (Lipinski definition) is 1. The molecule has 122 valence electrons. The average Bonchev–Trinajstić information content (AvgIpc) is 2.56. The summed E-state index contributed by atoms with van der Waals surface area (Å²) in [4.78, 5) is 21.3. The van der Waals surface area contributed by atoms with Crippen LogP contribution < -0.4 is 5.32 Å². The monoisotopic (exact) mass is 333 g/mol. The van der Waals surface area contributed by atoms with E-state index in [-0.39, 0.29) is 17.8 Å². The van der Waals surface area contributed by atoms with Crippen LogP contribution in [-0.2, 0) is 9.53 Å². The van der Waals surface area contributed by atoms with Crippen molar-refractivity contribution in [3.8, 4) is 0 Å². The Kier molecular flexibility index (Phi) is 5.08. The number of carbonyl (C=O) groups is 1. The van der Waals surface area contributed by atoms with Gasteiger partial charge in [0.05, 0.1) is 17.8 Å². The third kappa shape index (κ3) is 3.62. The van der Waals surface area contributed by atoms with Gasteiger partial charge >= 0.3 is 5.97 Å². The Bertz CT molecular complexity index is 701. The molecule has 1 aliphatic rings. The van der Waals surface area contributed by atoms with Gasteiger partial charge in [0.2, 0.25) is 0 Å². The highest BCUT2D eigenvalue weighted by Crippen LogP contribution is 2.32. The number of rotatable bonds is 4. The average molecular weight is 334 g/mol. The van der Waals surface area contributed by atoms with Gasteiger partial charge in [-0.2, -0.15) is 0 Å². The zero-order valence-electron chi connectivity index (χ0n) is 13.1. The molecule has 3 rings (SSSR count). The first-order chi connectivity index (χ1) is 11.2. The van der Waals surface area contributed by atoms with Gasteiger partial charge in [-0.25, -0.2) is 4.98 Å². The molecule has 1 N–H and O–H groups in total. The molecule has 0 saturated carbocycles. The van der Waals surface area contributed by atoms with Crippen molar-refractivity contribution in [3.63, 3.8) is 0 Å². The minimum absolute atomic E-state index is 0.189. The Morgan fingerprint density at radius 1 is 1.43 bits per heavy atom. The summed E-state index contributed by atoms with van der Waals surface area (Å²) in [6.07, 6.45) is 3.58.